The van der Waals surface area contributed by atoms with Crippen molar-refractivity contribution in [3.05, 3.63) is 5.89 Å². The summed E-state index contributed by atoms with van der Waals surface area (Å²) in [4.78, 5) is 0. The maximum Gasteiger partial charge on any atom is 0.522 e. The van der Waals surface area contributed by atoms with E-state index >= 15 is 0 Å². The molecule has 0 aromatic carbocycles. The average molecular weight is 240 g/mol. The van der Waals surface area contributed by atoms with E-state index in [2.05, 4.69) is 24.2 Å². The van der Waals surface area contributed by atoms with Gasteiger partial charge in [0.1, 0.15) is 0 Å². The molecule has 0 amide bonds. The van der Waals surface area contributed by atoms with Crippen LogP contribution in [0.15, 0.2) is 4.42 Å². The van der Waals surface area contributed by atoms with Gasteiger partial charge in [-0.15, -0.1) is 23.4 Å². The van der Waals surface area contributed by atoms with Crippen LogP contribution in [0.25, 0.3) is 0 Å². The molecule has 2 rings (SSSR count). The third-order valence-electron chi connectivity index (χ3n) is 2.20. The summed E-state index contributed by atoms with van der Waals surface area (Å²) in [5.41, 5.74) is 0.338. The van der Waals surface area contributed by atoms with Gasteiger partial charge in [0, 0.05) is 5.92 Å². The first-order chi connectivity index (χ1) is 6.94. The third kappa shape index (κ3) is 2.66. The van der Waals surface area contributed by atoms with Gasteiger partial charge in [0.05, 0.1) is 6.10 Å². The van der Waals surface area contributed by atoms with Gasteiger partial charge in [-0.05, 0) is 22.1 Å². The zero-order valence-corrected chi connectivity index (χ0v) is 8.65. The van der Waals surface area contributed by atoms with Crippen LogP contribution < -0.4 is 5.63 Å². The molecule has 4 nitrogen and oxygen atoms in total. The number of hydrogen-bond acceptors (Lipinski definition) is 4. The van der Waals surface area contributed by atoms with Crippen molar-refractivity contribution < 1.29 is 22.3 Å². The van der Waals surface area contributed by atoms with Gasteiger partial charge in [0.15, 0.2) is 0 Å². The monoisotopic (exact) mass is 240 g/mol. The van der Waals surface area contributed by atoms with Crippen LogP contribution in [0.1, 0.15) is 24.7 Å². The minimum atomic E-state index is -4.56. The van der Waals surface area contributed by atoms with Crippen molar-refractivity contribution in [1.82, 2.24) is 10.2 Å². The first-order valence-electron chi connectivity index (χ1n) is 4.27. The van der Waals surface area contributed by atoms with E-state index in [-0.39, 0.29) is 18.8 Å². The van der Waals surface area contributed by atoms with Gasteiger partial charge in [-0.25, -0.2) is 0 Å². The zero-order valence-electron chi connectivity index (χ0n) is 7.49. The van der Waals surface area contributed by atoms with Crippen LogP contribution in [0, 0.1) is 0 Å². The Morgan fingerprint density at radius 2 is 2.00 bits per heavy atom. The molecule has 1 aliphatic rings. The first kappa shape index (κ1) is 10.8. The fourth-order valence-electron chi connectivity index (χ4n) is 1.46. The van der Waals surface area contributed by atoms with Crippen molar-refractivity contribution in [2.45, 2.75) is 31.2 Å². The fraction of sp³-hybridized carbons (Fsp3) is 0.714. The van der Waals surface area contributed by atoms with Crippen LogP contribution in [0.4, 0.5) is 13.2 Å². The Labute approximate surface area is 85.4 Å². The summed E-state index contributed by atoms with van der Waals surface area (Å²) in [7, 11) is 2.23. The van der Waals surface area contributed by atoms with Crippen molar-refractivity contribution in [2.75, 3.05) is 0 Å². The number of hydrogen-bond donors (Lipinski definition) is 0. The van der Waals surface area contributed by atoms with Gasteiger partial charge < -0.3 is 4.42 Å². The van der Waals surface area contributed by atoms with Crippen molar-refractivity contribution in [1.29, 1.82) is 0 Å². The molecule has 0 bridgehead atoms. The Bertz CT molecular complexity index is 348. The number of rotatable bonds is 2. The summed E-state index contributed by atoms with van der Waals surface area (Å²) in [6.07, 6.45) is -4.80. The summed E-state index contributed by atoms with van der Waals surface area (Å²) >= 11 is 0. The molecule has 0 N–H and O–H groups in total. The second-order valence-electron chi connectivity index (χ2n) is 3.33. The summed E-state index contributed by atoms with van der Waals surface area (Å²) in [6.45, 7) is 0. The van der Waals surface area contributed by atoms with E-state index in [1.807, 2.05) is 0 Å². The Hall–Kier alpha value is -0.680. The standard InChI is InChI=1S/C7H8F3N2O2P/c8-7(9,10)14-4-1-3(2-4)5-11-12-6(15)13-5/h3-4H,1-2,15H2. The fourth-order valence-corrected chi connectivity index (χ4v) is 1.64. The first-order valence-corrected chi connectivity index (χ1v) is 4.85. The van der Waals surface area contributed by atoms with Gasteiger partial charge in [0.2, 0.25) is 11.5 Å². The molecule has 1 aromatic rings. The normalized spacial score (nSPS) is 26.4. The molecule has 8 heteroatoms. The number of alkyl halides is 3. The molecule has 1 fully saturated rings. The maximum atomic E-state index is 11.8. The molecule has 15 heavy (non-hydrogen) atoms. The van der Waals surface area contributed by atoms with Crippen molar-refractivity contribution in [3.8, 4) is 0 Å². The van der Waals surface area contributed by atoms with E-state index in [4.69, 9.17) is 4.42 Å². The highest BCUT2D eigenvalue weighted by molar-refractivity contribution is 7.26. The van der Waals surface area contributed by atoms with E-state index < -0.39 is 12.5 Å². The molecule has 1 atom stereocenters. The highest BCUT2D eigenvalue weighted by atomic mass is 31.0. The van der Waals surface area contributed by atoms with E-state index in [9.17, 15) is 13.2 Å². The summed E-state index contributed by atoms with van der Waals surface area (Å²) in [5.74, 6) is 0.265. The minimum Gasteiger partial charge on any atom is -0.422 e. The molecular formula is C7H8F3N2O2P. The Morgan fingerprint density at radius 1 is 1.33 bits per heavy atom. The zero-order chi connectivity index (χ0) is 11.1. The highest BCUT2D eigenvalue weighted by Gasteiger charge is 2.42. The molecular weight excluding hydrogens is 232 g/mol. The van der Waals surface area contributed by atoms with E-state index in [0.717, 1.165) is 0 Å². The van der Waals surface area contributed by atoms with E-state index in [0.29, 0.717) is 11.5 Å². The SMILES string of the molecule is FC(F)(F)OC1CC(c2nnc(P)o2)C1. The van der Waals surface area contributed by atoms with Gasteiger partial charge in [-0.2, -0.15) is 0 Å². The molecule has 84 valence electrons. The number of halogens is 3. The summed E-state index contributed by atoms with van der Waals surface area (Å²) in [5, 5.41) is 7.30. The molecule has 1 aromatic heterocycles. The van der Waals surface area contributed by atoms with Crippen LogP contribution in [-0.2, 0) is 4.74 Å². The van der Waals surface area contributed by atoms with Gasteiger partial charge >= 0.3 is 6.36 Å². The molecule has 1 saturated carbocycles. The second-order valence-corrected chi connectivity index (χ2v) is 3.83. The lowest BCUT2D eigenvalue weighted by atomic mass is 9.82. The van der Waals surface area contributed by atoms with Gasteiger partial charge in [-0.1, -0.05) is 0 Å². The third-order valence-corrected chi connectivity index (χ3v) is 2.43. The Morgan fingerprint density at radius 3 is 2.47 bits per heavy atom. The second kappa shape index (κ2) is 3.72. The van der Waals surface area contributed by atoms with Crippen molar-refractivity contribution in [3.63, 3.8) is 0 Å². The molecule has 1 aliphatic carbocycles. The predicted octanol–water partition coefficient (Wildman–Crippen LogP) is 1.35. The lowest BCUT2D eigenvalue weighted by Gasteiger charge is -2.32. The maximum absolute atomic E-state index is 11.8. The number of aromatic nitrogens is 2. The van der Waals surface area contributed by atoms with E-state index in [1.165, 1.54) is 0 Å². The molecule has 0 aliphatic heterocycles. The van der Waals surface area contributed by atoms with Crippen LogP contribution in [0.2, 0.25) is 0 Å². The molecule has 1 unspecified atom stereocenters. The largest absolute Gasteiger partial charge is 0.522 e. The summed E-state index contributed by atoms with van der Waals surface area (Å²) < 4.78 is 44.3. The molecule has 0 radical (unpaired) electrons. The topological polar surface area (TPSA) is 48.2 Å². The predicted molar refractivity (Wildman–Crippen MR) is 46.5 cm³/mol. The lowest BCUT2D eigenvalue weighted by Crippen LogP contribution is -2.34. The molecule has 0 spiro atoms. The Kier molecular flexibility index (Phi) is 2.68. The number of nitrogens with zero attached hydrogens (tertiary/aromatic N) is 2. The van der Waals surface area contributed by atoms with E-state index in [1.54, 1.807) is 0 Å². The van der Waals surface area contributed by atoms with Crippen molar-refractivity contribution in [2.24, 2.45) is 0 Å². The molecule has 0 saturated heterocycles. The minimum absolute atomic E-state index is 0.112. The van der Waals surface area contributed by atoms with Gasteiger partial charge in [0.25, 0.3) is 0 Å². The molecule has 1 heterocycles. The smallest absolute Gasteiger partial charge is 0.422 e. The Balaban J connectivity index is 1.84. The van der Waals surface area contributed by atoms with Crippen LogP contribution in [0.5, 0.6) is 0 Å². The average Bonchev–Trinajstić information content (AvgIpc) is 2.41. The highest BCUT2D eigenvalue weighted by Crippen LogP contribution is 2.40. The van der Waals surface area contributed by atoms with Crippen molar-refractivity contribution >= 4 is 14.9 Å². The van der Waals surface area contributed by atoms with Crippen LogP contribution in [0.3, 0.4) is 0 Å². The van der Waals surface area contributed by atoms with Gasteiger partial charge in [-0.3, -0.25) is 4.74 Å². The summed E-state index contributed by atoms with van der Waals surface area (Å²) in [6, 6.07) is 0. The van der Waals surface area contributed by atoms with Crippen LogP contribution in [-0.4, -0.2) is 22.7 Å². The quantitative estimate of drug-likeness (QED) is 0.732. The lowest BCUT2D eigenvalue weighted by molar-refractivity contribution is -0.352. The van der Waals surface area contributed by atoms with Crippen LogP contribution >= 0.6 is 9.24 Å². The number of ether oxygens (including phenoxy) is 1.